The monoisotopic (exact) mass is 411 g/mol. The number of carbonyl (C=O) groups excluding carboxylic acids is 1. The van der Waals surface area contributed by atoms with Crippen LogP contribution in [0, 0.1) is 20.8 Å². The van der Waals surface area contributed by atoms with E-state index in [-0.39, 0.29) is 6.54 Å². The summed E-state index contributed by atoms with van der Waals surface area (Å²) in [7, 11) is -3.60. The van der Waals surface area contributed by atoms with E-state index in [9.17, 15) is 13.2 Å². The Labute approximate surface area is 171 Å². The molecule has 0 unspecified atom stereocenters. The molecule has 1 aromatic heterocycles. The van der Waals surface area contributed by atoms with Crippen molar-refractivity contribution in [3.05, 3.63) is 77.6 Å². The molecule has 0 aliphatic carbocycles. The van der Waals surface area contributed by atoms with Gasteiger partial charge >= 0.3 is 0 Å². The predicted octanol–water partition coefficient (Wildman–Crippen LogP) is 3.81. The van der Waals surface area contributed by atoms with Crippen molar-refractivity contribution in [2.75, 3.05) is 22.4 Å². The number of para-hydroxylation sites is 1. The number of benzene rings is 2. The third-order valence-electron chi connectivity index (χ3n) is 4.75. The normalized spacial score (nSPS) is 11.3. The fourth-order valence-electron chi connectivity index (χ4n) is 3.32. The van der Waals surface area contributed by atoms with E-state index in [1.165, 1.54) is 0 Å². The molecule has 152 valence electrons. The Balaban J connectivity index is 1.76. The number of rotatable bonds is 6. The van der Waals surface area contributed by atoms with Gasteiger partial charge in [0.25, 0.3) is 0 Å². The molecule has 7 heteroatoms. The van der Waals surface area contributed by atoms with E-state index in [1.807, 2.05) is 57.2 Å². The van der Waals surface area contributed by atoms with E-state index in [4.69, 9.17) is 0 Å². The first-order chi connectivity index (χ1) is 13.7. The van der Waals surface area contributed by atoms with Gasteiger partial charge in [-0.15, -0.1) is 0 Å². The lowest BCUT2D eigenvalue weighted by Gasteiger charge is -2.23. The molecule has 0 aliphatic rings. The van der Waals surface area contributed by atoms with Crippen LogP contribution < -0.4 is 9.62 Å². The molecule has 1 N–H and O–H groups in total. The van der Waals surface area contributed by atoms with Gasteiger partial charge in [0.1, 0.15) is 6.54 Å². The quantitative estimate of drug-likeness (QED) is 0.670. The van der Waals surface area contributed by atoms with Crippen LogP contribution in [0.15, 0.2) is 60.7 Å². The van der Waals surface area contributed by atoms with E-state index >= 15 is 0 Å². The van der Waals surface area contributed by atoms with Crippen LogP contribution in [0.3, 0.4) is 0 Å². The van der Waals surface area contributed by atoms with Crippen LogP contribution in [0.1, 0.15) is 17.0 Å². The zero-order chi connectivity index (χ0) is 21.2. The standard InChI is InChI=1S/C22H25N3O3S/c1-16-7-5-6-8-21(16)24(29(4,27)28)15-22(26)23-19-11-13-20(14-12-19)25-17(2)9-10-18(25)3/h5-14H,15H2,1-4H3,(H,23,26). The molecule has 0 fully saturated rings. The molecule has 6 nitrogen and oxygen atoms in total. The maximum absolute atomic E-state index is 12.6. The predicted molar refractivity (Wildman–Crippen MR) is 117 cm³/mol. The van der Waals surface area contributed by atoms with E-state index in [2.05, 4.69) is 22.0 Å². The Hall–Kier alpha value is -3.06. The summed E-state index contributed by atoms with van der Waals surface area (Å²) >= 11 is 0. The molecular formula is C22H25N3O3S. The van der Waals surface area contributed by atoms with Crippen molar-refractivity contribution in [2.24, 2.45) is 0 Å². The average molecular weight is 412 g/mol. The number of nitrogens with zero attached hydrogens (tertiary/aromatic N) is 2. The molecule has 0 bridgehead atoms. The lowest BCUT2D eigenvalue weighted by molar-refractivity contribution is -0.114. The van der Waals surface area contributed by atoms with Gasteiger partial charge in [-0.25, -0.2) is 8.42 Å². The number of hydrogen-bond acceptors (Lipinski definition) is 3. The van der Waals surface area contributed by atoms with Crippen molar-refractivity contribution in [1.82, 2.24) is 4.57 Å². The Morgan fingerprint density at radius 2 is 1.52 bits per heavy atom. The van der Waals surface area contributed by atoms with Gasteiger partial charge in [0, 0.05) is 22.8 Å². The van der Waals surface area contributed by atoms with Gasteiger partial charge in [-0.2, -0.15) is 0 Å². The summed E-state index contributed by atoms with van der Waals surface area (Å²) in [6, 6.07) is 18.7. The largest absolute Gasteiger partial charge is 0.325 e. The molecule has 0 atom stereocenters. The molecule has 1 heterocycles. The average Bonchev–Trinajstić information content (AvgIpc) is 2.99. The van der Waals surface area contributed by atoms with Gasteiger partial charge in [-0.05, 0) is 68.8 Å². The number of amides is 1. The Bertz CT molecular complexity index is 1110. The van der Waals surface area contributed by atoms with E-state index in [0.717, 1.165) is 33.2 Å². The summed E-state index contributed by atoms with van der Waals surface area (Å²) in [5.74, 6) is -0.403. The highest BCUT2D eigenvalue weighted by Crippen LogP contribution is 2.22. The van der Waals surface area contributed by atoms with Gasteiger partial charge in [0.15, 0.2) is 0 Å². The molecule has 29 heavy (non-hydrogen) atoms. The van der Waals surface area contributed by atoms with E-state index in [1.54, 1.807) is 12.1 Å². The highest BCUT2D eigenvalue weighted by atomic mass is 32.2. The zero-order valence-corrected chi connectivity index (χ0v) is 17.8. The topological polar surface area (TPSA) is 71.4 Å². The molecule has 3 aromatic rings. The van der Waals surface area contributed by atoms with Gasteiger partial charge in [-0.1, -0.05) is 18.2 Å². The Morgan fingerprint density at radius 1 is 0.931 bits per heavy atom. The van der Waals surface area contributed by atoms with Crippen LogP contribution in [0.2, 0.25) is 0 Å². The molecule has 3 rings (SSSR count). The Kier molecular flexibility index (Phi) is 5.79. The van der Waals surface area contributed by atoms with Gasteiger partial charge in [0.05, 0.1) is 11.9 Å². The summed E-state index contributed by atoms with van der Waals surface area (Å²) in [6.45, 7) is 5.60. The van der Waals surface area contributed by atoms with Crippen LogP contribution in [0.5, 0.6) is 0 Å². The van der Waals surface area contributed by atoms with E-state index < -0.39 is 15.9 Å². The lowest BCUT2D eigenvalue weighted by atomic mass is 10.2. The molecule has 0 saturated heterocycles. The first kappa shape index (κ1) is 20.7. The van der Waals surface area contributed by atoms with Gasteiger partial charge < -0.3 is 9.88 Å². The van der Waals surface area contributed by atoms with Crippen molar-refractivity contribution in [3.63, 3.8) is 0 Å². The summed E-state index contributed by atoms with van der Waals surface area (Å²) in [5, 5.41) is 2.78. The van der Waals surface area contributed by atoms with Crippen molar-refractivity contribution in [2.45, 2.75) is 20.8 Å². The van der Waals surface area contributed by atoms with Crippen LogP contribution in [0.4, 0.5) is 11.4 Å². The molecule has 2 aromatic carbocycles. The van der Waals surface area contributed by atoms with Crippen molar-refractivity contribution in [3.8, 4) is 5.69 Å². The number of nitrogens with one attached hydrogen (secondary N) is 1. The maximum atomic E-state index is 12.6. The highest BCUT2D eigenvalue weighted by Gasteiger charge is 2.22. The smallest absolute Gasteiger partial charge is 0.245 e. The highest BCUT2D eigenvalue weighted by molar-refractivity contribution is 7.92. The maximum Gasteiger partial charge on any atom is 0.245 e. The molecule has 0 saturated carbocycles. The second-order valence-electron chi connectivity index (χ2n) is 7.10. The Morgan fingerprint density at radius 3 is 2.07 bits per heavy atom. The number of aryl methyl sites for hydroxylation is 3. The summed E-state index contributed by atoms with van der Waals surface area (Å²) in [5.41, 5.74) is 5.15. The van der Waals surface area contributed by atoms with E-state index in [0.29, 0.717) is 11.4 Å². The minimum Gasteiger partial charge on any atom is -0.325 e. The van der Waals surface area contributed by atoms with Crippen LogP contribution in [0.25, 0.3) is 5.69 Å². The molecular weight excluding hydrogens is 386 g/mol. The van der Waals surface area contributed by atoms with Crippen LogP contribution >= 0.6 is 0 Å². The molecule has 0 spiro atoms. The van der Waals surface area contributed by atoms with Crippen molar-refractivity contribution < 1.29 is 13.2 Å². The zero-order valence-electron chi connectivity index (χ0n) is 17.0. The minimum absolute atomic E-state index is 0.290. The lowest BCUT2D eigenvalue weighted by Crippen LogP contribution is -2.37. The third kappa shape index (κ3) is 4.68. The number of aromatic nitrogens is 1. The SMILES string of the molecule is Cc1ccccc1N(CC(=O)Nc1ccc(-n2c(C)ccc2C)cc1)S(C)(=O)=O. The summed E-state index contributed by atoms with van der Waals surface area (Å²) < 4.78 is 27.8. The second-order valence-corrected chi connectivity index (χ2v) is 9.01. The summed E-state index contributed by atoms with van der Waals surface area (Å²) in [6.07, 6.45) is 1.10. The number of anilines is 2. The summed E-state index contributed by atoms with van der Waals surface area (Å²) in [4.78, 5) is 12.6. The molecule has 0 radical (unpaired) electrons. The third-order valence-corrected chi connectivity index (χ3v) is 5.88. The number of carbonyl (C=O) groups is 1. The number of sulfonamides is 1. The van der Waals surface area contributed by atoms with Crippen molar-refractivity contribution in [1.29, 1.82) is 0 Å². The van der Waals surface area contributed by atoms with Crippen LogP contribution in [-0.4, -0.2) is 31.7 Å². The first-order valence-electron chi connectivity index (χ1n) is 9.25. The van der Waals surface area contributed by atoms with Gasteiger partial charge in [-0.3, -0.25) is 9.10 Å². The number of hydrogen-bond donors (Lipinski definition) is 1. The molecule has 0 aliphatic heterocycles. The van der Waals surface area contributed by atoms with Gasteiger partial charge in [0.2, 0.25) is 15.9 Å². The second kappa shape index (κ2) is 8.13. The fourth-order valence-corrected chi connectivity index (χ4v) is 4.24. The fraction of sp³-hybridized carbons (Fsp3) is 0.227. The van der Waals surface area contributed by atoms with Crippen LogP contribution in [-0.2, 0) is 14.8 Å². The molecule has 1 amide bonds. The minimum atomic E-state index is -3.60. The first-order valence-corrected chi connectivity index (χ1v) is 11.1. The van der Waals surface area contributed by atoms with Crippen molar-refractivity contribution >= 4 is 27.3 Å².